The van der Waals surface area contributed by atoms with Gasteiger partial charge in [-0.15, -0.1) is 0 Å². The molecule has 0 unspecified atom stereocenters. The summed E-state index contributed by atoms with van der Waals surface area (Å²) in [5, 5.41) is 6.66. The SMILES string of the molecule is O=C(C[C@H]1OCCc2ccccc21)Nc1cc(C(F)(F)F)ccc1-n1cccn1. The van der Waals surface area contributed by atoms with Crippen molar-refractivity contribution in [1.82, 2.24) is 9.78 Å². The summed E-state index contributed by atoms with van der Waals surface area (Å²) in [5.41, 5.74) is 1.60. The molecule has 150 valence electrons. The third-order valence-electron chi connectivity index (χ3n) is 4.81. The Balaban J connectivity index is 1.59. The molecule has 29 heavy (non-hydrogen) atoms. The van der Waals surface area contributed by atoms with Crippen LogP contribution in [0.4, 0.5) is 18.9 Å². The van der Waals surface area contributed by atoms with Crippen LogP contribution in [0, 0.1) is 0 Å². The van der Waals surface area contributed by atoms with Gasteiger partial charge in [0.15, 0.2) is 0 Å². The Kier molecular flexibility index (Phi) is 5.10. The Morgan fingerprint density at radius 2 is 2.03 bits per heavy atom. The number of ether oxygens (including phenoxy) is 1. The number of carbonyl (C=O) groups excluding carboxylic acids is 1. The van der Waals surface area contributed by atoms with E-state index < -0.39 is 23.8 Å². The molecule has 0 bridgehead atoms. The summed E-state index contributed by atoms with van der Waals surface area (Å²) in [4.78, 5) is 12.7. The lowest BCUT2D eigenvalue weighted by molar-refractivity contribution is -0.137. The molecule has 2 heterocycles. The minimum Gasteiger partial charge on any atom is -0.373 e. The number of benzene rings is 2. The molecule has 1 atom stereocenters. The molecule has 1 N–H and O–H groups in total. The van der Waals surface area contributed by atoms with Crippen LogP contribution < -0.4 is 5.32 Å². The van der Waals surface area contributed by atoms with E-state index in [1.807, 2.05) is 24.3 Å². The van der Waals surface area contributed by atoms with Gasteiger partial charge in [-0.3, -0.25) is 4.79 Å². The van der Waals surface area contributed by atoms with E-state index in [0.29, 0.717) is 12.3 Å². The molecule has 5 nitrogen and oxygen atoms in total. The summed E-state index contributed by atoms with van der Waals surface area (Å²) in [7, 11) is 0. The first kappa shape index (κ1) is 19.2. The standard InChI is InChI=1S/C21H18F3N3O2/c22-21(23,24)15-6-7-18(27-10-3-9-25-27)17(12-15)26-20(28)13-19-16-5-2-1-4-14(16)8-11-29-19/h1-7,9-10,12,19H,8,11,13H2,(H,26,28)/t19-/m1/s1. The number of amides is 1. The van der Waals surface area contributed by atoms with Crippen LogP contribution in [0.15, 0.2) is 60.9 Å². The molecule has 1 aliphatic rings. The molecule has 4 rings (SSSR count). The van der Waals surface area contributed by atoms with Crippen molar-refractivity contribution in [3.63, 3.8) is 0 Å². The third kappa shape index (κ3) is 4.17. The van der Waals surface area contributed by atoms with E-state index in [2.05, 4.69) is 10.4 Å². The van der Waals surface area contributed by atoms with Crippen molar-refractivity contribution in [3.05, 3.63) is 77.6 Å². The second-order valence-corrected chi connectivity index (χ2v) is 6.74. The highest BCUT2D eigenvalue weighted by Gasteiger charge is 2.31. The molecule has 0 fully saturated rings. The predicted octanol–water partition coefficient (Wildman–Crippen LogP) is 4.53. The van der Waals surface area contributed by atoms with Gasteiger partial charge in [-0.1, -0.05) is 24.3 Å². The van der Waals surface area contributed by atoms with E-state index in [1.165, 1.54) is 16.9 Å². The Morgan fingerprint density at radius 3 is 2.79 bits per heavy atom. The number of nitrogens with zero attached hydrogens (tertiary/aromatic N) is 2. The molecule has 0 radical (unpaired) electrons. The molecule has 0 aliphatic carbocycles. The Bertz CT molecular complexity index is 1020. The zero-order valence-corrected chi connectivity index (χ0v) is 15.3. The normalized spacial score (nSPS) is 16.3. The van der Waals surface area contributed by atoms with E-state index in [-0.39, 0.29) is 12.1 Å². The molecule has 8 heteroatoms. The second kappa shape index (κ2) is 7.71. The van der Waals surface area contributed by atoms with Crippen LogP contribution in [0.3, 0.4) is 0 Å². The van der Waals surface area contributed by atoms with Crippen molar-refractivity contribution < 1.29 is 22.7 Å². The average molecular weight is 401 g/mol. The summed E-state index contributed by atoms with van der Waals surface area (Å²) in [6.45, 7) is 0.497. The highest BCUT2D eigenvalue weighted by Crippen LogP contribution is 2.34. The maximum Gasteiger partial charge on any atom is 0.416 e. The number of carbonyl (C=O) groups is 1. The minimum atomic E-state index is -4.52. The van der Waals surface area contributed by atoms with Crippen LogP contribution in [0.1, 0.15) is 29.2 Å². The first-order valence-corrected chi connectivity index (χ1v) is 9.12. The smallest absolute Gasteiger partial charge is 0.373 e. The Labute approximate surface area is 165 Å². The number of fused-ring (bicyclic) bond motifs is 1. The van der Waals surface area contributed by atoms with Crippen LogP contribution in [-0.4, -0.2) is 22.3 Å². The molecule has 1 amide bonds. The Hall–Kier alpha value is -3.13. The maximum atomic E-state index is 13.2. The summed E-state index contributed by atoms with van der Waals surface area (Å²) >= 11 is 0. The quantitative estimate of drug-likeness (QED) is 0.699. The van der Waals surface area contributed by atoms with Crippen LogP contribution >= 0.6 is 0 Å². The second-order valence-electron chi connectivity index (χ2n) is 6.74. The number of nitrogens with one attached hydrogen (secondary N) is 1. The van der Waals surface area contributed by atoms with Gasteiger partial charge in [0.2, 0.25) is 5.91 Å². The van der Waals surface area contributed by atoms with Crippen LogP contribution in [0.5, 0.6) is 0 Å². The molecule has 1 aromatic heterocycles. The lowest BCUT2D eigenvalue weighted by Gasteiger charge is -2.25. The van der Waals surface area contributed by atoms with E-state index in [4.69, 9.17) is 4.74 Å². The lowest BCUT2D eigenvalue weighted by atomic mass is 9.95. The molecular weight excluding hydrogens is 383 g/mol. The topological polar surface area (TPSA) is 56.1 Å². The number of halogens is 3. The van der Waals surface area contributed by atoms with E-state index in [1.54, 1.807) is 12.3 Å². The first-order valence-electron chi connectivity index (χ1n) is 9.12. The number of alkyl halides is 3. The fraction of sp³-hybridized carbons (Fsp3) is 0.238. The number of anilines is 1. The van der Waals surface area contributed by atoms with Crippen molar-refractivity contribution in [2.75, 3.05) is 11.9 Å². The highest BCUT2D eigenvalue weighted by molar-refractivity contribution is 5.93. The van der Waals surface area contributed by atoms with Crippen LogP contribution in [0.2, 0.25) is 0 Å². The molecule has 1 aliphatic heterocycles. The molecule has 0 saturated heterocycles. The van der Waals surface area contributed by atoms with E-state index in [0.717, 1.165) is 29.7 Å². The molecule has 2 aromatic carbocycles. The van der Waals surface area contributed by atoms with Gasteiger partial charge in [-0.25, -0.2) is 4.68 Å². The number of hydrogen-bond donors (Lipinski definition) is 1. The molecule has 0 spiro atoms. The highest BCUT2D eigenvalue weighted by atomic mass is 19.4. The minimum absolute atomic E-state index is 0.00576. The summed E-state index contributed by atoms with van der Waals surface area (Å²) < 4.78 is 46.6. The van der Waals surface area contributed by atoms with Gasteiger partial charge in [0.1, 0.15) is 0 Å². The van der Waals surface area contributed by atoms with Gasteiger partial charge in [0.25, 0.3) is 0 Å². The summed E-state index contributed by atoms with van der Waals surface area (Å²) in [5.74, 6) is -0.431. The first-order chi connectivity index (χ1) is 13.9. The zero-order valence-electron chi connectivity index (χ0n) is 15.3. The number of aromatic nitrogens is 2. The van der Waals surface area contributed by atoms with Gasteiger partial charge >= 0.3 is 6.18 Å². The number of hydrogen-bond acceptors (Lipinski definition) is 3. The fourth-order valence-corrected chi connectivity index (χ4v) is 3.44. The third-order valence-corrected chi connectivity index (χ3v) is 4.81. The Morgan fingerprint density at radius 1 is 1.21 bits per heavy atom. The van der Waals surface area contributed by atoms with Crippen LogP contribution in [-0.2, 0) is 22.1 Å². The fourth-order valence-electron chi connectivity index (χ4n) is 3.44. The van der Waals surface area contributed by atoms with Crippen molar-refractivity contribution >= 4 is 11.6 Å². The van der Waals surface area contributed by atoms with Gasteiger partial charge in [0, 0.05) is 12.4 Å². The zero-order chi connectivity index (χ0) is 20.4. The van der Waals surface area contributed by atoms with Gasteiger partial charge in [0.05, 0.1) is 36.1 Å². The molecule has 3 aromatic rings. The lowest BCUT2D eigenvalue weighted by Crippen LogP contribution is -2.23. The summed E-state index contributed by atoms with van der Waals surface area (Å²) in [6, 6.07) is 12.5. The molecule has 0 saturated carbocycles. The van der Waals surface area contributed by atoms with E-state index in [9.17, 15) is 18.0 Å². The summed E-state index contributed by atoms with van der Waals surface area (Å²) in [6.07, 6.45) is -1.07. The van der Waals surface area contributed by atoms with Gasteiger partial charge in [-0.05, 0) is 41.8 Å². The predicted molar refractivity (Wildman–Crippen MR) is 101 cm³/mol. The maximum absolute atomic E-state index is 13.2. The van der Waals surface area contributed by atoms with Crippen molar-refractivity contribution in [1.29, 1.82) is 0 Å². The largest absolute Gasteiger partial charge is 0.416 e. The van der Waals surface area contributed by atoms with Crippen LogP contribution in [0.25, 0.3) is 5.69 Å². The number of rotatable bonds is 4. The van der Waals surface area contributed by atoms with Crippen molar-refractivity contribution in [3.8, 4) is 5.69 Å². The van der Waals surface area contributed by atoms with E-state index >= 15 is 0 Å². The molecular formula is C21H18F3N3O2. The average Bonchev–Trinajstić information content (AvgIpc) is 3.22. The van der Waals surface area contributed by atoms with Gasteiger partial charge in [-0.2, -0.15) is 18.3 Å². The van der Waals surface area contributed by atoms with Gasteiger partial charge < -0.3 is 10.1 Å². The monoisotopic (exact) mass is 401 g/mol. The van der Waals surface area contributed by atoms with Crippen molar-refractivity contribution in [2.24, 2.45) is 0 Å². The van der Waals surface area contributed by atoms with Crippen molar-refractivity contribution in [2.45, 2.75) is 25.1 Å².